The second kappa shape index (κ2) is 5.08. The largest absolute Gasteiger partial charge is 0.508 e. The Morgan fingerprint density at radius 3 is 2.24 bits per heavy atom. The minimum Gasteiger partial charge on any atom is -0.508 e. The second-order valence-electron chi connectivity index (χ2n) is 4.42. The smallest absolute Gasteiger partial charge is 0.306 e. The molecule has 0 aliphatic heterocycles. The van der Waals surface area contributed by atoms with E-state index in [1.165, 1.54) is 0 Å². The van der Waals surface area contributed by atoms with E-state index < -0.39 is 5.97 Å². The molecule has 0 unspecified atom stereocenters. The van der Waals surface area contributed by atoms with Gasteiger partial charge in [0.15, 0.2) is 0 Å². The van der Waals surface area contributed by atoms with Crippen LogP contribution in [0.5, 0.6) is 11.5 Å². The monoisotopic (exact) mass is 236 g/mol. The van der Waals surface area contributed by atoms with E-state index in [0.29, 0.717) is 12.8 Å². The zero-order valence-electron chi connectivity index (χ0n) is 9.50. The molecule has 4 heteroatoms. The zero-order valence-corrected chi connectivity index (χ0v) is 9.50. The molecule has 1 aromatic rings. The van der Waals surface area contributed by atoms with E-state index in [1.54, 1.807) is 24.3 Å². The van der Waals surface area contributed by atoms with Crippen molar-refractivity contribution in [3.8, 4) is 11.5 Å². The Balaban J connectivity index is 1.85. The van der Waals surface area contributed by atoms with Crippen molar-refractivity contribution >= 4 is 5.97 Å². The van der Waals surface area contributed by atoms with Gasteiger partial charge in [0.05, 0.1) is 12.0 Å². The number of phenolic OH excluding ortho intramolecular Hbond substituents is 1. The summed E-state index contributed by atoms with van der Waals surface area (Å²) < 4.78 is 5.73. The third kappa shape index (κ3) is 3.12. The summed E-state index contributed by atoms with van der Waals surface area (Å²) in [5, 5.41) is 18.0. The third-order valence-corrected chi connectivity index (χ3v) is 3.16. The Morgan fingerprint density at radius 2 is 1.71 bits per heavy atom. The second-order valence-corrected chi connectivity index (χ2v) is 4.42. The van der Waals surface area contributed by atoms with Gasteiger partial charge in [-0.2, -0.15) is 0 Å². The fraction of sp³-hybridized carbons (Fsp3) is 0.462. The number of aliphatic carboxylic acids is 1. The molecule has 0 amide bonds. The molecular weight excluding hydrogens is 220 g/mol. The van der Waals surface area contributed by atoms with Gasteiger partial charge in [0.25, 0.3) is 0 Å². The SMILES string of the molecule is O=C(O)C1CCC(Oc2ccc(O)cc2)CC1. The maximum atomic E-state index is 10.8. The quantitative estimate of drug-likeness (QED) is 0.845. The summed E-state index contributed by atoms with van der Waals surface area (Å²) in [6.45, 7) is 0. The molecule has 1 saturated carbocycles. The van der Waals surface area contributed by atoms with Gasteiger partial charge in [0.1, 0.15) is 11.5 Å². The lowest BCUT2D eigenvalue weighted by Crippen LogP contribution is -2.27. The van der Waals surface area contributed by atoms with Gasteiger partial charge in [-0.15, -0.1) is 0 Å². The van der Waals surface area contributed by atoms with E-state index in [1.807, 2.05) is 0 Å². The van der Waals surface area contributed by atoms with E-state index in [0.717, 1.165) is 18.6 Å². The molecule has 17 heavy (non-hydrogen) atoms. The van der Waals surface area contributed by atoms with Crippen LogP contribution in [0.1, 0.15) is 25.7 Å². The summed E-state index contributed by atoms with van der Waals surface area (Å²) >= 11 is 0. The maximum absolute atomic E-state index is 10.8. The predicted octanol–water partition coefficient (Wildman–Crippen LogP) is 2.41. The lowest BCUT2D eigenvalue weighted by Gasteiger charge is -2.26. The molecule has 0 heterocycles. The van der Waals surface area contributed by atoms with Gasteiger partial charge in [0.2, 0.25) is 0 Å². The molecule has 2 N–H and O–H groups in total. The minimum absolute atomic E-state index is 0.0927. The van der Waals surface area contributed by atoms with Crippen LogP contribution in [0.25, 0.3) is 0 Å². The van der Waals surface area contributed by atoms with E-state index >= 15 is 0 Å². The van der Waals surface area contributed by atoms with Crippen LogP contribution in [0.3, 0.4) is 0 Å². The number of ether oxygens (including phenoxy) is 1. The standard InChI is InChI=1S/C13H16O4/c14-10-3-7-12(8-4-10)17-11-5-1-9(2-6-11)13(15)16/h3-4,7-9,11,14H,1-2,5-6H2,(H,15,16). The number of carbonyl (C=O) groups is 1. The van der Waals surface area contributed by atoms with Crippen LogP contribution in [0, 0.1) is 5.92 Å². The van der Waals surface area contributed by atoms with Crippen molar-refractivity contribution in [2.75, 3.05) is 0 Å². The highest BCUT2D eigenvalue weighted by Crippen LogP contribution is 2.28. The molecule has 0 bridgehead atoms. The van der Waals surface area contributed by atoms with Crippen LogP contribution in [0.15, 0.2) is 24.3 Å². The van der Waals surface area contributed by atoms with Crippen LogP contribution >= 0.6 is 0 Å². The molecular formula is C13H16O4. The number of rotatable bonds is 3. The highest BCUT2D eigenvalue weighted by Gasteiger charge is 2.26. The summed E-state index contributed by atoms with van der Waals surface area (Å²) in [5.74, 6) is 0.0243. The summed E-state index contributed by atoms with van der Waals surface area (Å²) in [6, 6.07) is 6.60. The number of carboxylic acid groups (broad SMARTS) is 1. The van der Waals surface area contributed by atoms with E-state index in [-0.39, 0.29) is 17.8 Å². The van der Waals surface area contributed by atoms with E-state index in [2.05, 4.69) is 0 Å². The first kappa shape index (κ1) is 11.8. The number of carboxylic acids is 1. The molecule has 0 spiro atoms. The number of aromatic hydroxyl groups is 1. The van der Waals surface area contributed by atoms with Crippen molar-refractivity contribution in [3.05, 3.63) is 24.3 Å². The summed E-state index contributed by atoms with van der Waals surface area (Å²) in [7, 11) is 0. The van der Waals surface area contributed by atoms with E-state index in [9.17, 15) is 4.79 Å². The Labute approximate surface area is 99.8 Å². The fourth-order valence-corrected chi connectivity index (χ4v) is 2.14. The first-order valence-electron chi connectivity index (χ1n) is 5.83. The molecule has 0 aromatic heterocycles. The average molecular weight is 236 g/mol. The molecule has 2 rings (SSSR count). The molecule has 92 valence electrons. The van der Waals surface area contributed by atoms with Gasteiger partial charge in [-0.05, 0) is 49.9 Å². The number of phenols is 1. The third-order valence-electron chi connectivity index (χ3n) is 3.16. The lowest BCUT2D eigenvalue weighted by molar-refractivity contribution is -0.143. The van der Waals surface area contributed by atoms with Crippen molar-refractivity contribution in [2.24, 2.45) is 5.92 Å². The van der Waals surface area contributed by atoms with Crippen LogP contribution in [-0.4, -0.2) is 22.3 Å². The molecule has 1 fully saturated rings. The highest BCUT2D eigenvalue weighted by molar-refractivity contribution is 5.70. The van der Waals surface area contributed by atoms with Gasteiger partial charge in [0, 0.05) is 0 Å². The van der Waals surface area contributed by atoms with Crippen molar-refractivity contribution < 1.29 is 19.7 Å². The van der Waals surface area contributed by atoms with Crippen molar-refractivity contribution in [2.45, 2.75) is 31.8 Å². The van der Waals surface area contributed by atoms with Gasteiger partial charge in [-0.1, -0.05) is 0 Å². The highest BCUT2D eigenvalue weighted by atomic mass is 16.5. The molecule has 4 nitrogen and oxygen atoms in total. The van der Waals surface area contributed by atoms with E-state index in [4.69, 9.17) is 14.9 Å². The molecule has 1 aromatic carbocycles. The Hall–Kier alpha value is -1.71. The molecule has 1 aliphatic carbocycles. The van der Waals surface area contributed by atoms with Crippen LogP contribution in [0.2, 0.25) is 0 Å². The van der Waals surface area contributed by atoms with Gasteiger partial charge in [-0.25, -0.2) is 0 Å². The number of hydrogen-bond donors (Lipinski definition) is 2. The maximum Gasteiger partial charge on any atom is 0.306 e. The van der Waals surface area contributed by atoms with Gasteiger partial charge in [-0.3, -0.25) is 4.79 Å². The summed E-state index contributed by atoms with van der Waals surface area (Å²) in [4.78, 5) is 10.8. The number of hydrogen-bond acceptors (Lipinski definition) is 3. The van der Waals surface area contributed by atoms with Crippen molar-refractivity contribution in [1.29, 1.82) is 0 Å². The normalized spacial score (nSPS) is 24.2. The van der Waals surface area contributed by atoms with Crippen LogP contribution < -0.4 is 4.74 Å². The van der Waals surface area contributed by atoms with Crippen molar-refractivity contribution in [3.63, 3.8) is 0 Å². The molecule has 0 saturated heterocycles. The fourth-order valence-electron chi connectivity index (χ4n) is 2.14. The first-order chi connectivity index (χ1) is 8.15. The average Bonchev–Trinajstić information content (AvgIpc) is 2.33. The summed E-state index contributed by atoms with van der Waals surface area (Å²) in [5.41, 5.74) is 0. The molecule has 0 atom stereocenters. The Kier molecular flexibility index (Phi) is 3.52. The van der Waals surface area contributed by atoms with Gasteiger partial charge < -0.3 is 14.9 Å². The summed E-state index contributed by atoms with van der Waals surface area (Å²) in [6.07, 6.45) is 3.00. The Bertz CT molecular complexity index is 377. The minimum atomic E-state index is -0.701. The Morgan fingerprint density at radius 1 is 1.12 bits per heavy atom. The zero-order chi connectivity index (χ0) is 12.3. The topological polar surface area (TPSA) is 66.8 Å². The van der Waals surface area contributed by atoms with Crippen molar-refractivity contribution in [1.82, 2.24) is 0 Å². The lowest BCUT2D eigenvalue weighted by atomic mass is 9.87. The van der Waals surface area contributed by atoms with Crippen LogP contribution in [-0.2, 0) is 4.79 Å². The molecule has 1 aliphatic rings. The predicted molar refractivity (Wildman–Crippen MR) is 62.1 cm³/mol. The first-order valence-corrected chi connectivity index (χ1v) is 5.83. The van der Waals surface area contributed by atoms with Crippen LogP contribution in [0.4, 0.5) is 0 Å². The number of benzene rings is 1. The van der Waals surface area contributed by atoms with Gasteiger partial charge >= 0.3 is 5.97 Å². The molecule has 0 radical (unpaired) electrons.